The number of nitrogens with zero attached hydrogens (tertiary/aromatic N) is 4. The molecule has 1 amide bonds. The first-order valence-corrected chi connectivity index (χ1v) is 10.3. The zero-order valence-corrected chi connectivity index (χ0v) is 17.5. The number of amides is 1. The molecule has 164 valence electrons. The largest absolute Gasteiger partial charge is 0.435 e. The number of carbonyl (C=O) groups is 1. The van der Waals surface area contributed by atoms with Crippen molar-refractivity contribution < 1.29 is 18.0 Å². The van der Waals surface area contributed by atoms with Gasteiger partial charge in [-0.2, -0.15) is 23.4 Å². The number of aromatic nitrogens is 4. The van der Waals surface area contributed by atoms with Gasteiger partial charge in [0.25, 0.3) is 0 Å². The molecule has 1 aliphatic carbocycles. The molecule has 2 aromatic heterocycles. The lowest BCUT2D eigenvalue weighted by atomic mass is 10.1. The van der Waals surface area contributed by atoms with E-state index in [1.54, 1.807) is 36.0 Å². The molecule has 1 saturated carbocycles. The van der Waals surface area contributed by atoms with Gasteiger partial charge in [0.1, 0.15) is 0 Å². The van der Waals surface area contributed by atoms with Crippen LogP contribution < -0.4 is 5.32 Å². The molecular weight excluding hydrogens is 431 g/mol. The van der Waals surface area contributed by atoms with Crippen molar-refractivity contribution >= 4 is 23.3 Å². The number of rotatable bonds is 7. The highest BCUT2D eigenvalue weighted by Crippen LogP contribution is 2.42. The summed E-state index contributed by atoms with van der Waals surface area (Å²) in [6, 6.07) is 10.1. The van der Waals surface area contributed by atoms with Crippen LogP contribution in [-0.2, 0) is 24.1 Å². The third-order valence-corrected chi connectivity index (χ3v) is 5.39. The zero-order chi connectivity index (χ0) is 22.2. The Hall–Kier alpha value is -2.81. The van der Waals surface area contributed by atoms with Crippen LogP contribution in [0.1, 0.15) is 42.6 Å². The van der Waals surface area contributed by atoms with Crippen molar-refractivity contribution in [3.63, 3.8) is 0 Å². The summed E-state index contributed by atoms with van der Waals surface area (Å²) in [6.07, 6.45) is -1.08. The fourth-order valence-electron chi connectivity index (χ4n) is 3.31. The average molecular weight is 452 g/mol. The maximum atomic E-state index is 13.1. The number of anilines is 1. The standard InChI is InChI=1S/C21H21ClF3N5O/c1-13(11-30-17(15-4-5-15)10-18(27-30)21(23,24)25)20(31)26-19-8-9-29(28-19)12-14-2-6-16(22)7-3-14/h2-3,6-10,13,15H,4-5,11-12H2,1H3,(H,26,28,31). The number of benzene rings is 1. The second-order valence-corrected chi connectivity index (χ2v) is 8.26. The van der Waals surface area contributed by atoms with Crippen LogP contribution in [0.25, 0.3) is 0 Å². The summed E-state index contributed by atoms with van der Waals surface area (Å²) in [6.45, 7) is 2.24. The molecule has 0 saturated heterocycles. The summed E-state index contributed by atoms with van der Waals surface area (Å²) in [5.74, 6) is -0.449. The van der Waals surface area contributed by atoms with E-state index in [9.17, 15) is 18.0 Å². The third-order valence-electron chi connectivity index (χ3n) is 5.14. The van der Waals surface area contributed by atoms with Crippen LogP contribution >= 0.6 is 11.6 Å². The zero-order valence-electron chi connectivity index (χ0n) is 16.7. The average Bonchev–Trinajstić information content (AvgIpc) is 3.31. The second-order valence-electron chi connectivity index (χ2n) is 7.82. The minimum absolute atomic E-state index is 0.0687. The molecule has 1 fully saturated rings. The Bertz CT molecular complexity index is 1070. The van der Waals surface area contributed by atoms with E-state index in [4.69, 9.17) is 11.6 Å². The lowest BCUT2D eigenvalue weighted by Crippen LogP contribution is -2.26. The molecule has 1 aliphatic rings. The Morgan fingerprint density at radius 3 is 2.58 bits per heavy atom. The summed E-state index contributed by atoms with van der Waals surface area (Å²) < 4.78 is 42.2. The van der Waals surface area contributed by atoms with Crippen molar-refractivity contribution in [2.24, 2.45) is 5.92 Å². The summed E-state index contributed by atoms with van der Waals surface area (Å²) in [5.41, 5.74) is 0.632. The van der Waals surface area contributed by atoms with E-state index < -0.39 is 17.8 Å². The van der Waals surface area contributed by atoms with Gasteiger partial charge in [-0.25, -0.2) is 0 Å². The Labute approximate surface area is 182 Å². The van der Waals surface area contributed by atoms with Crippen molar-refractivity contribution in [2.45, 2.75) is 44.9 Å². The van der Waals surface area contributed by atoms with Gasteiger partial charge in [-0.15, -0.1) is 0 Å². The molecule has 0 radical (unpaired) electrons. The Morgan fingerprint density at radius 1 is 1.23 bits per heavy atom. The van der Waals surface area contributed by atoms with Gasteiger partial charge in [0, 0.05) is 28.9 Å². The molecular formula is C21H21ClF3N5O. The van der Waals surface area contributed by atoms with E-state index in [0.29, 0.717) is 23.1 Å². The van der Waals surface area contributed by atoms with Crippen molar-refractivity contribution in [2.75, 3.05) is 5.32 Å². The normalized spacial score (nSPS) is 15.1. The predicted octanol–water partition coefficient (Wildman–Crippen LogP) is 4.95. The number of halogens is 4. The van der Waals surface area contributed by atoms with E-state index in [1.807, 2.05) is 12.1 Å². The Morgan fingerprint density at radius 2 is 1.94 bits per heavy atom. The monoisotopic (exact) mass is 451 g/mol. The number of carbonyl (C=O) groups excluding carboxylic acids is 1. The SMILES string of the molecule is CC(Cn1nc(C(F)(F)F)cc1C1CC1)C(=O)Nc1ccn(Cc2ccc(Cl)cc2)n1. The van der Waals surface area contributed by atoms with E-state index in [0.717, 1.165) is 24.5 Å². The Kier molecular flexibility index (Phi) is 5.79. The van der Waals surface area contributed by atoms with Crippen molar-refractivity contribution in [3.8, 4) is 0 Å². The minimum Gasteiger partial charge on any atom is -0.309 e. The first kappa shape index (κ1) is 21.4. The maximum absolute atomic E-state index is 13.1. The highest BCUT2D eigenvalue weighted by atomic mass is 35.5. The van der Waals surface area contributed by atoms with Crippen LogP contribution in [0, 0.1) is 5.92 Å². The molecule has 10 heteroatoms. The van der Waals surface area contributed by atoms with E-state index in [2.05, 4.69) is 15.5 Å². The molecule has 0 aliphatic heterocycles. The lowest BCUT2D eigenvalue weighted by molar-refractivity contribution is -0.141. The van der Waals surface area contributed by atoms with Gasteiger partial charge < -0.3 is 5.32 Å². The van der Waals surface area contributed by atoms with Crippen molar-refractivity contribution in [3.05, 3.63) is 64.6 Å². The summed E-state index contributed by atoms with van der Waals surface area (Å²) in [7, 11) is 0. The molecule has 1 aromatic carbocycles. The maximum Gasteiger partial charge on any atom is 0.435 e. The van der Waals surface area contributed by atoms with Gasteiger partial charge in [-0.05, 0) is 36.6 Å². The van der Waals surface area contributed by atoms with Crippen LogP contribution in [-0.4, -0.2) is 25.5 Å². The van der Waals surface area contributed by atoms with Gasteiger partial charge in [-0.1, -0.05) is 30.7 Å². The number of alkyl halides is 3. The quantitative estimate of drug-likeness (QED) is 0.552. The van der Waals surface area contributed by atoms with Crippen LogP contribution in [0.3, 0.4) is 0 Å². The lowest BCUT2D eigenvalue weighted by Gasteiger charge is -2.13. The van der Waals surface area contributed by atoms with E-state index in [-0.39, 0.29) is 18.4 Å². The molecule has 3 aromatic rings. The molecule has 0 bridgehead atoms. The van der Waals surface area contributed by atoms with Crippen LogP contribution in [0.15, 0.2) is 42.6 Å². The highest BCUT2D eigenvalue weighted by Gasteiger charge is 2.38. The highest BCUT2D eigenvalue weighted by molar-refractivity contribution is 6.30. The Balaban J connectivity index is 1.39. The molecule has 4 rings (SSSR count). The molecule has 2 heterocycles. The predicted molar refractivity (Wildman–Crippen MR) is 110 cm³/mol. The van der Waals surface area contributed by atoms with E-state index in [1.165, 1.54) is 4.68 Å². The van der Waals surface area contributed by atoms with Gasteiger partial charge in [0.15, 0.2) is 11.5 Å². The number of hydrogen-bond donors (Lipinski definition) is 1. The minimum atomic E-state index is -4.50. The first-order valence-electron chi connectivity index (χ1n) is 9.93. The molecule has 0 spiro atoms. The van der Waals surface area contributed by atoms with Crippen molar-refractivity contribution in [1.29, 1.82) is 0 Å². The van der Waals surface area contributed by atoms with Gasteiger partial charge in [0.2, 0.25) is 5.91 Å². The van der Waals surface area contributed by atoms with Gasteiger partial charge in [-0.3, -0.25) is 14.2 Å². The molecule has 1 N–H and O–H groups in total. The summed E-state index contributed by atoms with van der Waals surface area (Å²) in [4.78, 5) is 12.6. The smallest absolute Gasteiger partial charge is 0.309 e. The molecule has 6 nitrogen and oxygen atoms in total. The second kappa shape index (κ2) is 8.37. The van der Waals surface area contributed by atoms with Crippen LogP contribution in [0.5, 0.6) is 0 Å². The number of hydrogen-bond acceptors (Lipinski definition) is 3. The number of nitrogens with one attached hydrogen (secondary N) is 1. The molecule has 1 unspecified atom stereocenters. The molecule has 1 atom stereocenters. The summed E-state index contributed by atoms with van der Waals surface area (Å²) in [5, 5.41) is 11.4. The molecule has 31 heavy (non-hydrogen) atoms. The van der Waals surface area contributed by atoms with E-state index >= 15 is 0 Å². The summed E-state index contributed by atoms with van der Waals surface area (Å²) >= 11 is 5.89. The van der Waals surface area contributed by atoms with Crippen LogP contribution in [0.2, 0.25) is 5.02 Å². The fourth-order valence-corrected chi connectivity index (χ4v) is 3.43. The fraction of sp³-hybridized carbons (Fsp3) is 0.381. The van der Waals surface area contributed by atoms with Crippen molar-refractivity contribution in [1.82, 2.24) is 19.6 Å². The topological polar surface area (TPSA) is 64.7 Å². The third kappa shape index (κ3) is 5.28. The van der Waals surface area contributed by atoms with Crippen LogP contribution in [0.4, 0.5) is 19.0 Å². The van der Waals surface area contributed by atoms with Gasteiger partial charge >= 0.3 is 6.18 Å². The van der Waals surface area contributed by atoms with Gasteiger partial charge in [0.05, 0.1) is 19.0 Å². The first-order chi connectivity index (χ1) is 14.7.